The van der Waals surface area contributed by atoms with E-state index in [4.69, 9.17) is 0 Å². The van der Waals surface area contributed by atoms with Crippen molar-refractivity contribution in [2.75, 3.05) is 0 Å². The van der Waals surface area contributed by atoms with E-state index in [-0.39, 0.29) is 5.54 Å². The summed E-state index contributed by atoms with van der Waals surface area (Å²) in [5, 5.41) is 3.52. The van der Waals surface area contributed by atoms with Gasteiger partial charge in [-0.05, 0) is 33.6 Å². The molecule has 0 saturated carbocycles. The number of rotatable bonds is 5. The number of imidazole rings is 1. The third kappa shape index (κ3) is 4.50. The predicted molar refractivity (Wildman–Crippen MR) is 73.0 cm³/mol. The molecule has 17 heavy (non-hydrogen) atoms. The Morgan fingerprint density at radius 3 is 2.59 bits per heavy atom. The van der Waals surface area contributed by atoms with Gasteiger partial charge < -0.3 is 9.88 Å². The van der Waals surface area contributed by atoms with E-state index in [0.29, 0.717) is 5.92 Å². The molecule has 1 unspecified atom stereocenters. The molecule has 3 nitrogen and oxygen atoms in total. The van der Waals surface area contributed by atoms with Crippen molar-refractivity contribution in [1.29, 1.82) is 0 Å². The number of hydrogen-bond donors (Lipinski definition) is 1. The lowest BCUT2D eigenvalue weighted by atomic mass is 10.1. The minimum absolute atomic E-state index is 0.152. The minimum atomic E-state index is 0.152. The van der Waals surface area contributed by atoms with Crippen LogP contribution in [0.15, 0.2) is 6.20 Å². The van der Waals surface area contributed by atoms with Gasteiger partial charge in [-0.2, -0.15) is 0 Å². The molecule has 0 aromatic carbocycles. The third-order valence-electron chi connectivity index (χ3n) is 3.13. The van der Waals surface area contributed by atoms with Gasteiger partial charge in [0.2, 0.25) is 0 Å². The molecule has 1 aromatic rings. The number of nitrogens with one attached hydrogen (secondary N) is 1. The summed E-state index contributed by atoms with van der Waals surface area (Å²) < 4.78 is 2.34. The molecule has 0 aliphatic carbocycles. The monoisotopic (exact) mass is 237 g/mol. The van der Waals surface area contributed by atoms with E-state index in [2.05, 4.69) is 56.4 Å². The van der Waals surface area contributed by atoms with Gasteiger partial charge in [0.25, 0.3) is 0 Å². The Kier molecular flexibility index (Phi) is 4.75. The second-order valence-corrected chi connectivity index (χ2v) is 6.02. The molecule has 0 spiro atoms. The largest absolute Gasteiger partial charge is 0.331 e. The fourth-order valence-corrected chi connectivity index (χ4v) is 1.70. The van der Waals surface area contributed by atoms with Gasteiger partial charge in [-0.3, -0.25) is 0 Å². The van der Waals surface area contributed by atoms with Crippen molar-refractivity contribution in [2.45, 2.75) is 66.6 Å². The van der Waals surface area contributed by atoms with Gasteiger partial charge in [-0.25, -0.2) is 4.98 Å². The van der Waals surface area contributed by atoms with Crippen LogP contribution >= 0.6 is 0 Å². The summed E-state index contributed by atoms with van der Waals surface area (Å²) >= 11 is 0. The lowest BCUT2D eigenvalue weighted by molar-refractivity contribution is 0.402. The number of aromatic nitrogens is 2. The van der Waals surface area contributed by atoms with Crippen LogP contribution in [0.3, 0.4) is 0 Å². The van der Waals surface area contributed by atoms with E-state index >= 15 is 0 Å². The molecule has 1 N–H and O–H groups in total. The standard InChI is InChI=1S/C14H27N3/c1-7-11(2)10-17-12(3)15-8-13(17)9-16-14(4,5)6/h8,11,16H,7,9-10H2,1-6H3. The maximum Gasteiger partial charge on any atom is 0.105 e. The van der Waals surface area contributed by atoms with E-state index < -0.39 is 0 Å². The first-order valence-corrected chi connectivity index (χ1v) is 6.59. The lowest BCUT2D eigenvalue weighted by Gasteiger charge is -2.22. The number of nitrogens with zero attached hydrogens (tertiary/aromatic N) is 2. The van der Waals surface area contributed by atoms with E-state index in [0.717, 1.165) is 18.9 Å². The SMILES string of the molecule is CCC(C)Cn1c(CNC(C)(C)C)cnc1C. The average Bonchev–Trinajstić information content (AvgIpc) is 2.56. The summed E-state index contributed by atoms with van der Waals surface area (Å²) in [5.41, 5.74) is 1.44. The topological polar surface area (TPSA) is 29.9 Å². The van der Waals surface area contributed by atoms with E-state index in [1.54, 1.807) is 0 Å². The maximum atomic E-state index is 4.43. The van der Waals surface area contributed by atoms with E-state index in [1.165, 1.54) is 12.1 Å². The van der Waals surface area contributed by atoms with Gasteiger partial charge in [0.05, 0.1) is 5.69 Å². The van der Waals surface area contributed by atoms with Crippen LogP contribution in [0.5, 0.6) is 0 Å². The number of hydrogen-bond acceptors (Lipinski definition) is 2. The average molecular weight is 237 g/mol. The molecule has 1 aromatic heterocycles. The van der Waals surface area contributed by atoms with Crippen LogP contribution in [0.25, 0.3) is 0 Å². The Morgan fingerprint density at radius 1 is 1.41 bits per heavy atom. The Balaban J connectivity index is 2.72. The first-order valence-electron chi connectivity index (χ1n) is 6.59. The summed E-state index contributed by atoms with van der Waals surface area (Å²) in [7, 11) is 0. The summed E-state index contributed by atoms with van der Waals surface area (Å²) in [6.45, 7) is 15.2. The van der Waals surface area contributed by atoms with Crippen molar-refractivity contribution in [3.05, 3.63) is 17.7 Å². The summed E-state index contributed by atoms with van der Waals surface area (Å²) in [5.74, 6) is 1.83. The van der Waals surface area contributed by atoms with Crippen LogP contribution in [-0.4, -0.2) is 15.1 Å². The van der Waals surface area contributed by atoms with Crippen molar-refractivity contribution in [2.24, 2.45) is 5.92 Å². The molecule has 0 aliphatic rings. The first-order chi connectivity index (χ1) is 7.83. The van der Waals surface area contributed by atoms with Crippen LogP contribution in [0.4, 0.5) is 0 Å². The Hall–Kier alpha value is -0.830. The zero-order valence-electron chi connectivity index (χ0n) is 12.2. The molecule has 98 valence electrons. The second kappa shape index (κ2) is 5.67. The molecular formula is C14H27N3. The van der Waals surface area contributed by atoms with Crippen molar-refractivity contribution in [3.63, 3.8) is 0 Å². The molecule has 0 saturated heterocycles. The van der Waals surface area contributed by atoms with Crippen molar-refractivity contribution in [3.8, 4) is 0 Å². The van der Waals surface area contributed by atoms with Gasteiger partial charge in [-0.1, -0.05) is 20.3 Å². The van der Waals surface area contributed by atoms with Crippen LogP contribution in [-0.2, 0) is 13.1 Å². The molecule has 1 heterocycles. The van der Waals surface area contributed by atoms with Crippen LogP contribution in [0.1, 0.15) is 52.6 Å². The molecule has 3 heteroatoms. The Labute approximate surface area is 106 Å². The highest BCUT2D eigenvalue weighted by Crippen LogP contribution is 2.12. The third-order valence-corrected chi connectivity index (χ3v) is 3.13. The quantitative estimate of drug-likeness (QED) is 0.852. The Bertz CT molecular complexity index is 347. The lowest BCUT2D eigenvalue weighted by Crippen LogP contribution is -2.35. The highest BCUT2D eigenvalue weighted by molar-refractivity contribution is 5.05. The first kappa shape index (κ1) is 14.2. The molecule has 1 atom stereocenters. The van der Waals surface area contributed by atoms with Gasteiger partial charge >= 0.3 is 0 Å². The normalized spacial score (nSPS) is 14.0. The highest BCUT2D eigenvalue weighted by atomic mass is 15.1. The van der Waals surface area contributed by atoms with Gasteiger partial charge in [0.15, 0.2) is 0 Å². The zero-order valence-corrected chi connectivity index (χ0v) is 12.2. The van der Waals surface area contributed by atoms with Crippen molar-refractivity contribution in [1.82, 2.24) is 14.9 Å². The highest BCUT2D eigenvalue weighted by Gasteiger charge is 2.13. The molecule has 0 radical (unpaired) electrons. The Morgan fingerprint density at radius 2 is 2.06 bits per heavy atom. The summed E-state index contributed by atoms with van der Waals surface area (Å²) in [6.07, 6.45) is 3.21. The molecular weight excluding hydrogens is 210 g/mol. The van der Waals surface area contributed by atoms with Crippen LogP contribution < -0.4 is 5.32 Å². The second-order valence-electron chi connectivity index (χ2n) is 6.02. The molecule has 0 amide bonds. The van der Waals surface area contributed by atoms with E-state index in [9.17, 15) is 0 Å². The summed E-state index contributed by atoms with van der Waals surface area (Å²) in [6, 6.07) is 0. The zero-order chi connectivity index (χ0) is 13.1. The number of aryl methyl sites for hydroxylation is 1. The molecule has 0 aliphatic heterocycles. The smallest absolute Gasteiger partial charge is 0.105 e. The van der Waals surface area contributed by atoms with Crippen molar-refractivity contribution >= 4 is 0 Å². The van der Waals surface area contributed by atoms with Crippen LogP contribution in [0.2, 0.25) is 0 Å². The van der Waals surface area contributed by atoms with Crippen LogP contribution in [0, 0.1) is 12.8 Å². The fraction of sp³-hybridized carbons (Fsp3) is 0.786. The molecule has 0 bridgehead atoms. The molecule has 1 rings (SSSR count). The molecule has 0 fully saturated rings. The minimum Gasteiger partial charge on any atom is -0.331 e. The summed E-state index contributed by atoms with van der Waals surface area (Å²) in [4.78, 5) is 4.43. The maximum absolute atomic E-state index is 4.43. The van der Waals surface area contributed by atoms with E-state index in [1.807, 2.05) is 6.20 Å². The van der Waals surface area contributed by atoms with Crippen molar-refractivity contribution < 1.29 is 0 Å². The van der Waals surface area contributed by atoms with Gasteiger partial charge in [0, 0.05) is 24.8 Å². The van der Waals surface area contributed by atoms with Gasteiger partial charge in [0.1, 0.15) is 5.82 Å². The predicted octanol–water partition coefficient (Wildman–Crippen LogP) is 3.13. The fourth-order valence-electron chi connectivity index (χ4n) is 1.70. The van der Waals surface area contributed by atoms with Gasteiger partial charge in [-0.15, -0.1) is 0 Å².